The molecule has 0 spiro atoms. The summed E-state index contributed by atoms with van der Waals surface area (Å²) < 4.78 is 39.7. The van der Waals surface area contributed by atoms with Crippen molar-refractivity contribution >= 4 is 30.2 Å². The van der Waals surface area contributed by atoms with Crippen molar-refractivity contribution in [1.82, 2.24) is 4.90 Å². The summed E-state index contributed by atoms with van der Waals surface area (Å²) in [7, 11) is -5.77. The number of hydrogen-bond acceptors (Lipinski definition) is 8. The summed E-state index contributed by atoms with van der Waals surface area (Å²) in [6.07, 6.45) is 0.528. The number of nitrogens with zero attached hydrogens (tertiary/aromatic N) is 2. The predicted octanol–water partition coefficient (Wildman–Crippen LogP) is 3.67. The molecule has 180 valence electrons. The van der Waals surface area contributed by atoms with Crippen molar-refractivity contribution in [1.29, 1.82) is 0 Å². The first-order chi connectivity index (χ1) is 14.6. The van der Waals surface area contributed by atoms with E-state index in [1.54, 1.807) is 0 Å². The molecule has 1 amide bonds. The van der Waals surface area contributed by atoms with Crippen LogP contribution in [0, 0.1) is 10.1 Å². The second kappa shape index (κ2) is 9.85. The number of hydrogen-bond donors (Lipinski definition) is 0. The molecular formula is C20H32N2O8SSi. The van der Waals surface area contributed by atoms with E-state index in [0.29, 0.717) is 12.0 Å². The zero-order valence-electron chi connectivity index (χ0n) is 19.4. The molecule has 2 rings (SSSR count). The molecule has 0 saturated carbocycles. The number of ether oxygens (including phenoxy) is 1. The second-order valence-electron chi connectivity index (χ2n) is 9.51. The fraction of sp³-hybridized carbons (Fsp3) is 0.650. The molecule has 1 aromatic carbocycles. The van der Waals surface area contributed by atoms with Gasteiger partial charge in [-0.15, -0.1) is 0 Å². The Morgan fingerprint density at radius 2 is 1.84 bits per heavy atom. The Kier molecular flexibility index (Phi) is 8.08. The number of carbonyl (C=O) groups is 1. The minimum atomic E-state index is -3.67. The van der Waals surface area contributed by atoms with Gasteiger partial charge in [0.25, 0.3) is 15.8 Å². The first-order valence-corrected chi connectivity index (χ1v) is 15.0. The van der Waals surface area contributed by atoms with Gasteiger partial charge in [-0.2, -0.15) is 8.42 Å². The molecule has 0 bridgehead atoms. The van der Waals surface area contributed by atoms with Crippen LogP contribution in [0.4, 0.5) is 10.5 Å². The first kappa shape index (κ1) is 26.2. The molecule has 10 nitrogen and oxygen atoms in total. The Hall–Kier alpha value is -2.02. The molecule has 1 aliphatic heterocycles. The fourth-order valence-electron chi connectivity index (χ4n) is 3.08. The van der Waals surface area contributed by atoms with Crippen LogP contribution in [-0.4, -0.2) is 64.2 Å². The van der Waals surface area contributed by atoms with Gasteiger partial charge in [-0.25, -0.2) is 4.79 Å². The third kappa shape index (κ3) is 7.25. The number of benzene rings is 1. The standard InChI is InChI=1S/C20H32N2O8SSi/c1-20(2,3)32(5,6)30-18-11-17(14-29-31(4,26)27)21(12-18)19(23)28-13-15-7-9-16(10-8-15)22(24)25/h7-10,17-18H,11-14H2,1-6H3. The van der Waals surface area contributed by atoms with Crippen molar-refractivity contribution in [3.05, 3.63) is 39.9 Å². The molecule has 1 aliphatic rings. The summed E-state index contributed by atoms with van der Waals surface area (Å²) in [5, 5.41) is 10.7. The van der Waals surface area contributed by atoms with Crippen LogP contribution in [0.3, 0.4) is 0 Å². The largest absolute Gasteiger partial charge is 0.445 e. The molecule has 1 fully saturated rings. The average Bonchev–Trinajstić information content (AvgIpc) is 3.05. The summed E-state index contributed by atoms with van der Waals surface area (Å²) >= 11 is 0. The lowest BCUT2D eigenvalue weighted by Gasteiger charge is -2.38. The van der Waals surface area contributed by atoms with E-state index in [1.807, 2.05) is 0 Å². The molecule has 0 aliphatic carbocycles. The Bertz CT molecular complexity index is 928. The zero-order chi connectivity index (χ0) is 24.3. The topological polar surface area (TPSA) is 125 Å². The van der Waals surface area contributed by atoms with Crippen LogP contribution in [0.5, 0.6) is 0 Å². The second-order valence-corrected chi connectivity index (χ2v) is 15.9. The molecule has 0 aromatic heterocycles. The minimum absolute atomic E-state index is 0.0183. The normalized spacial score (nSPS) is 19.8. The highest BCUT2D eigenvalue weighted by atomic mass is 32.2. The molecule has 0 radical (unpaired) electrons. The lowest BCUT2D eigenvalue weighted by molar-refractivity contribution is -0.384. The van der Waals surface area contributed by atoms with Crippen LogP contribution in [-0.2, 0) is 30.1 Å². The monoisotopic (exact) mass is 488 g/mol. The number of nitro benzene ring substituents is 1. The van der Waals surface area contributed by atoms with Gasteiger partial charge < -0.3 is 14.1 Å². The molecule has 0 N–H and O–H groups in total. The van der Waals surface area contributed by atoms with E-state index >= 15 is 0 Å². The van der Waals surface area contributed by atoms with Crippen LogP contribution in [0.25, 0.3) is 0 Å². The number of carbonyl (C=O) groups excluding carboxylic acids is 1. The van der Waals surface area contributed by atoms with E-state index in [4.69, 9.17) is 13.3 Å². The molecule has 1 aromatic rings. The smallest absolute Gasteiger partial charge is 0.410 e. The molecule has 12 heteroatoms. The number of nitro groups is 1. The summed E-state index contributed by atoms with van der Waals surface area (Å²) in [4.78, 5) is 24.5. The fourth-order valence-corrected chi connectivity index (χ4v) is 4.84. The lowest BCUT2D eigenvalue weighted by Crippen LogP contribution is -2.45. The van der Waals surface area contributed by atoms with Gasteiger partial charge in [0, 0.05) is 18.7 Å². The average molecular weight is 489 g/mol. The summed E-state index contributed by atoms with van der Waals surface area (Å²) in [6, 6.07) is 5.20. The van der Waals surface area contributed by atoms with Gasteiger partial charge in [-0.05, 0) is 42.2 Å². The lowest BCUT2D eigenvalue weighted by atomic mass is 10.2. The number of likely N-dealkylation sites (tertiary alicyclic amines) is 1. The van der Waals surface area contributed by atoms with E-state index in [2.05, 4.69) is 33.9 Å². The van der Waals surface area contributed by atoms with Crippen molar-refractivity contribution in [3.63, 3.8) is 0 Å². The Morgan fingerprint density at radius 3 is 2.34 bits per heavy atom. The Balaban J connectivity index is 2.07. The molecular weight excluding hydrogens is 456 g/mol. The molecule has 1 saturated heterocycles. The van der Waals surface area contributed by atoms with E-state index in [0.717, 1.165) is 6.26 Å². The van der Waals surface area contributed by atoms with Crippen LogP contribution < -0.4 is 0 Å². The van der Waals surface area contributed by atoms with Gasteiger partial charge in [-0.1, -0.05) is 20.8 Å². The highest BCUT2D eigenvalue weighted by Gasteiger charge is 2.44. The van der Waals surface area contributed by atoms with Gasteiger partial charge in [0.05, 0.1) is 29.9 Å². The highest BCUT2D eigenvalue weighted by Crippen LogP contribution is 2.39. The van der Waals surface area contributed by atoms with Gasteiger partial charge >= 0.3 is 6.09 Å². The Morgan fingerprint density at radius 1 is 1.25 bits per heavy atom. The van der Waals surface area contributed by atoms with Crippen LogP contribution >= 0.6 is 0 Å². The maximum Gasteiger partial charge on any atom is 0.410 e. The van der Waals surface area contributed by atoms with Crippen molar-refractivity contribution < 1.29 is 31.5 Å². The van der Waals surface area contributed by atoms with Crippen molar-refractivity contribution in [2.45, 2.75) is 64.1 Å². The van der Waals surface area contributed by atoms with Gasteiger partial charge in [0.1, 0.15) is 6.61 Å². The SMILES string of the molecule is CC(C)(C)[Si](C)(C)OC1CC(COS(C)(=O)=O)N(C(=O)OCc2ccc([N+](=O)[O-])cc2)C1. The zero-order valence-corrected chi connectivity index (χ0v) is 21.2. The highest BCUT2D eigenvalue weighted by molar-refractivity contribution is 7.85. The molecule has 2 unspecified atom stereocenters. The van der Waals surface area contributed by atoms with E-state index < -0.39 is 35.5 Å². The number of non-ortho nitro benzene ring substituents is 1. The van der Waals surface area contributed by atoms with Crippen LogP contribution in [0.1, 0.15) is 32.8 Å². The van der Waals surface area contributed by atoms with Gasteiger partial charge in [-0.3, -0.25) is 14.3 Å². The van der Waals surface area contributed by atoms with Crippen molar-refractivity contribution in [2.24, 2.45) is 0 Å². The number of rotatable bonds is 8. The predicted molar refractivity (Wildman–Crippen MR) is 121 cm³/mol. The van der Waals surface area contributed by atoms with Crippen LogP contribution in [0.2, 0.25) is 18.1 Å². The Labute approximate surface area is 190 Å². The molecule has 32 heavy (non-hydrogen) atoms. The summed E-state index contributed by atoms with van der Waals surface area (Å²) in [5.41, 5.74) is 0.546. The van der Waals surface area contributed by atoms with Crippen LogP contribution in [0.15, 0.2) is 24.3 Å². The van der Waals surface area contributed by atoms with E-state index in [1.165, 1.54) is 29.2 Å². The minimum Gasteiger partial charge on any atom is -0.445 e. The summed E-state index contributed by atoms with van der Waals surface area (Å²) in [6.45, 7) is 10.6. The summed E-state index contributed by atoms with van der Waals surface area (Å²) in [5.74, 6) is 0. The number of amides is 1. The third-order valence-electron chi connectivity index (χ3n) is 5.86. The quantitative estimate of drug-likeness (QED) is 0.235. The van der Waals surface area contributed by atoms with Crippen molar-refractivity contribution in [3.8, 4) is 0 Å². The maximum atomic E-state index is 12.8. The first-order valence-electron chi connectivity index (χ1n) is 10.3. The van der Waals surface area contributed by atoms with E-state index in [-0.39, 0.29) is 36.6 Å². The van der Waals surface area contributed by atoms with Crippen molar-refractivity contribution in [2.75, 3.05) is 19.4 Å². The van der Waals surface area contributed by atoms with Gasteiger partial charge in [0.2, 0.25) is 0 Å². The van der Waals surface area contributed by atoms with Gasteiger partial charge in [0.15, 0.2) is 8.32 Å². The molecule has 2 atom stereocenters. The van der Waals surface area contributed by atoms with E-state index in [9.17, 15) is 23.3 Å². The molecule has 1 heterocycles. The third-order valence-corrected chi connectivity index (χ3v) is 11.0. The maximum absolute atomic E-state index is 12.8.